The fourth-order valence-electron chi connectivity index (χ4n) is 2.30. The topological polar surface area (TPSA) is 46.6 Å². The summed E-state index contributed by atoms with van der Waals surface area (Å²) in [5.74, 6) is -0.555. The van der Waals surface area contributed by atoms with Gasteiger partial charge in [-0.25, -0.2) is 0 Å². The standard InChI is InChI=1S/C19H20ClNO3/c1-14-7-9-15(10-8-14)13-21(12-11-18(22)24-2)19(23)16-5-3-4-6-17(16)20/h3-10H,11-13H2,1-2H3. The summed E-state index contributed by atoms with van der Waals surface area (Å²) in [6, 6.07) is 14.8. The normalized spacial score (nSPS) is 10.3. The molecule has 0 N–H and O–H groups in total. The first-order valence-corrected chi connectivity index (χ1v) is 8.05. The number of carbonyl (C=O) groups is 2. The van der Waals surface area contributed by atoms with Gasteiger partial charge in [0.05, 0.1) is 24.1 Å². The van der Waals surface area contributed by atoms with Crippen molar-refractivity contribution in [3.8, 4) is 0 Å². The average molecular weight is 346 g/mol. The third-order valence-corrected chi connectivity index (χ3v) is 4.03. The highest BCUT2D eigenvalue weighted by Crippen LogP contribution is 2.19. The largest absolute Gasteiger partial charge is 0.469 e. The molecule has 0 spiro atoms. The summed E-state index contributed by atoms with van der Waals surface area (Å²) in [6.07, 6.45) is 0.137. The van der Waals surface area contributed by atoms with E-state index in [-0.39, 0.29) is 24.8 Å². The van der Waals surface area contributed by atoms with E-state index in [1.54, 1.807) is 29.2 Å². The molecule has 0 aliphatic rings. The minimum absolute atomic E-state index is 0.137. The van der Waals surface area contributed by atoms with Gasteiger partial charge in [0.25, 0.3) is 5.91 Å². The minimum Gasteiger partial charge on any atom is -0.469 e. The van der Waals surface area contributed by atoms with Gasteiger partial charge in [-0.2, -0.15) is 0 Å². The quantitative estimate of drug-likeness (QED) is 0.747. The lowest BCUT2D eigenvalue weighted by Gasteiger charge is -2.23. The van der Waals surface area contributed by atoms with E-state index in [0.717, 1.165) is 11.1 Å². The molecule has 0 fully saturated rings. The molecule has 0 saturated heterocycles. The Balaban J connectivity index is 2.21. The van der Waals surface area contributed by atoms with Crippen LogP contribution in [0.5, 0.6) is 0 Å². The summed E-state index contributed by atoms with van der Waals surface area (Å²) in [7, 11) is 1.34. The van der Waals surface area contributed by atoms with Crippen molar-refractivity contribution >= 4 is 23.5 Å². The van der Waals surface area contributed by atoms with Crippen LogP contribution in [0.3, 0.4) is 0 Å². The van der Waals surface area contributed by atoms with E-state index in [4.69, 9.17) is 11.6 Å². The van der Waals surface area contributed by atoms with Gasteiger partial charge in [0.15, 0.2) is 0 Å². The molecular weight excluding hydrogens is 326 g/mol. The lowest BCUT2D eigenvalue weighted by molar-refractivity contribution is -0.140. The molecular formula is C19H20ClNO3. The van der Waals surface area contributed by atoms with Crippen molar-refractivity contribution in [2.45, 2.75) is 19.9 Å². The first-order valence-electron chi connectivity index (χ1n) is 7.67. The van der Waals surface area contributed by atoms with Crippen molar-refractivity contribution in [1.29, 1.82) is 0 Å². The molecule has 2 aromatic carbocycles. The van der Waals surface area contributed by atoms with Crippen LogP contribution in [0.2, 0.25) is 5.02 Å². The highest BCUT2D eigenvalue weighted by atomic mass is 35.5. The van der Waals surface area contributed by atoms with Crippen LogP contribution in [0.15, 0.2) is 48.5 Å². The Labute approximate surface area is 147 Å². The summed E-state index contributed by atoms with van der Waals surface area (Å²) >= 11 is 6.14. The minimum atomic E-state index is -0.351. The third kappa shape index (κ3) is 4.83. The number of ether oxygens (including phenoxy) is 1. The van der Waals surface area contributed by atoms with E-state index in [1.165, 1.54) is 7.11 Å². The molecule has 0 aromatic heterocycles. The summed E-state index contributed by atoms with van der Waals surface area (Å²) in [6.45, 7) is 2.68. The predicted octanol–water partition coefficient (Wildman–Crippen LogP) is 3.85. The SMILES string of the molecule is COC(=O)CCN(Cc1ccc(C)cc1)C(=O)c1ccccc1Cl. The van der Waals surface area contributed by atoms with Crippen LogP contribution >= 0.6 is 11.6 Å². The van der Waals surface area contributed by atoms with Crippen molar-refractivity contribution in [3.63, 3.8) is 0 Å². The van der Waals surface area contributed by atoms with E-state index in [2.05, 4.69) is 4.74 Å². The fraction of sp³-hybridized carbons (Fsp3) is 0.263. The molecule has 0 saturated carbocycles. The lowest BCUT2D eigenvalue weighted by atomic mass is 10.1. The van der Waals surface area contributed by atoms with Crippen LogP contribution in [-0.4, -0.2) is 30.4 Å². The second-order valence-corrected chi connectivity index (χ2v) is 5.93. The highest BCUT2D eigenvalue weighted by Gasteiger charge is 2.19. The number of rotatable bonds is 6. The predicted molar refractivity (Wildman–Crippen MR) is 94.0 cm³/mol. The molecule has 0 bridgehead atoms. The second-order valence-electron chi connectivity index (χ2n) is 5.52. The Hall–Kier alpha value is -2.33. The van der Waals surface area contributed by atoms with Gasteiger partial charge in [-0.3, -0.25) is 9.59 Å². The molecule has 4 nitrogen and oxygen atoms in total. The van der Waals surface area contributed by atoms with Crippen molar-refractivity contribution in [3.05, 3.63) is 70.2 Å². The maximum absolute atomic E-state index is 12.8. The highest BCUT2D eigenvalue weighted by molar-refractivity contribution is 6.33. The number of methoxy groups -OCH3 is 1. The monoisotopic (exact) mass is 345 g/mol. The maximum Gasteiger partial charge on any atom is 0.307 e. The first kappa shape index (κ1) is 18.0. The van der Waals surface area contributed by atoms with Crippen molar-refractivity contribution in [2.24, 2.45) is 0 Å². The molecule has 5 heteroatoms. The molecule has 126 valence electrons. The van der Waals surface area contributed by atoms with Crippen LogP contribution in [0, 0.1) is 6.92 Å². The van der Waals surface area contributed by atoms with Gasteiger partial charge in [-0.1, -0.05) is 53.6 Å². The zero-order valence-electron chi connectivity index (χ0n) is 13.8. The fourth-order valence-corrected chi connectivity index (χ4v) is 2.52. The van der Waals surface area contributed by atoms with E-state index in [9.17, 15) is 9.59 Å². The molecule has 0 radical (unpaired) electrons. The number of hydrogen-bond donors (Lipinski definition) is 0. The molecule has 0 aliphatic heterocycles. The van der Waals surface area contributed by atoms with E-state index in [1.807, 2.05) is 31.2 Å². The van der Waals surface area contributed by atoms with Crippen LogP contribution in [0.4, 0.5) is 0 Å². The van der Waals surface area contributed by atoms with Gasteiger partial charge < -0.3 is 9.64 Å². The van der Waals surface area contributed by atoms with Crippen LogP contribution in [-0.2, 0) is 16.1 Å². The third-order valence-electron chi connectivity index (χ3n) is 3.70. The van der Waals surface area contributed by atoms with Crippen LogP contribution in [0.1, 0.15) is 27.9 Å². The van der Waals surface area contributed by atoms with Crippen molar-refractivity contribution in [1.82, 2.24) is 4.90 Å². The number of hydrogen-bond acceptors (Lipinski definition) is 3. The molecule has 0 atom stereocenters. The van der Waals surface area contributed by atoms with Gasteiger partial charge in [0, 0.05) is 13.1 Å². The van der Waals surface area contributed by atoms with E-state index < -0.39 is 0 Å². The Morgan fingerprint density at radius 1 is 1.08 bits per heavy atom. The summed E-state index contributed by atoms with van der Waals surface area (Å²) < 4.78 is 4.67. The number of esters is 1. The maximum atomic E-state index is 12.8. The summed E-state index contributed by atoms with van der Waals surface area (Å²) in [5, 5.41) is 0.398. The second kappa shape index (κ2) is 8.50. The Kier molecular flexibility index (Phi) is 6.38. The van der Waals surface area contributed by atoms with Gasteiger partial charge in [-0.05, 0) is 24.6 Å². The average Bonchev–Trinajstić information content (AvgIpc) is 2.59. The Bertz CT molecular complexity index is 713. The molecule has 1 amide bonds. The lowest BCUT2D eigenvalue weighted by Crippen LogP contribution is -2.33. The smallest absolute Gasteiger partial charge is 0.307 e. The van der Waals surface area contributed by atoms with Crippen molar-refractivity contribution in [2.75, 3.05) is 13.7 Å². The zero-order valence-corrected chi connectivity index (χ0v) is 14.5. The Morgan fingerprint density at radius 2 is 1.75 bits per heavy atom. The molecule has 2 rings (SSSR count). The number of halogens is 1. The molecule has 2 aromatic rings. The van der Waals surface area contributed by atoms with Gasteiger partial charge >= 0.3 is 5.97 Å². The first-order chi connectivity index (χ1) is 11.5. The number of carbonyl (C=O) groups excluding carboxylic acids is 2. The van der Waals surface area contributed by atoms with Crippen molar-refractivity contribution < 1.29 is 14.3 Å². The number of aryl methyl sites for hydroxylation is 1. The van der Waals surface area contributed by atoms with Crippen LogP contribution in [0.25, 0.3) is 0 Å². The van der Waals surface area contributed by atoms with Gasteiger partial charge in [-0.15, -0.1) is 0 Å². The molecule has 0 aliphatic carbocycles. The number of benzene rings is 2. The summed E-state index contributed by atoms with van der Waals surface area (Å²) in [4.78, 5) is 25.9. The molecule has 24 heavy (non-hydrogen) atoms. The zero-order chi connectivity index (χ0) is 17.5. The molecule has 0 heterocycles. The Morgan fingerprint density at radius 3 is 2.38 bits per heavy atom. The number of amides is 1. The van der Waals surface area contributed by atoms with Gasteiger partial charge in [0.1, 0.15) is 0 Å². The van der Waals surface area contributed by atoms with Crippen LogP contribution < -0.4 is 0 Å². The number of nitrogens with zero attached hydrogens (tertiary/aromatic N) is 1. The van der Waals surface area contributed by atoms with Gasteiger partial charge in [0.2, 0.25) is 0 Å². The van der Waals surface area contributed by atoms with E-state index in [0.29, 0.717) is 17.1 Å². The summed E-state index contributed by atoms with van der Waals surface area (Å²) in [5.41, 5.74) is 2.57. The molecule has 0 unspecified atom stereocenters. The van der Waals surface area contributed by atoms with E-state index >= 15 is 0 Å².